The number of aliphatic hydroxyl groups is 9. The lowest BCUT2D eigenvalue weighted by Gasteiger charge is -2.51. The van der Waals surface area contributed by atoms with Crippen LogP contribution in [0.25, 0.3) is 0 Å². The molecule has 21 atom stereocenters. The van der Waals surface area contributed by atoms with Crippen LogP contribution in [0.15, 0.2) is 0 Å². The van der Waals surface area contributed by atoms with E-state index in [1.807, 2.05) is 0 Å². The van der Waals surface area contributed by atoms with E-state index in [2.05, 4.69) is 10.6 Å². The number of ether oxygens (including phenoxy) is 7. The van der Waals surface area contributed by atoms with Crippen molar-refractivity contribution in [3.8, 4) is 0 Å². The molecule has 4 fully saturated rings. The molecule has 4 heterocycles. The first kappa shape index (κ1) is 47.1. The minimum absolute atomic E-state index is 0.164. The van der Waals surface area contributed by atoms with Crippen molar-refractivity contribution in [3.05, 3.63) is 0 Å². The Morgan fingerprint density at radius 1 is 0.679 bits per heavy atom. The summed E-state index contributed by atoms with van der Waals surface area (Å²) in [4.78, 5) is 36.5. The zero-order valence-corrected chi connectivity index (χ0v) is 32.3. The van der Waals surface area contributed by atoms with Gasteiger partial charge in [0, 0.05) is 19.6 Å². The number of hydrogen-bond acceptors (Lipinski definition) is 22. The largest absolute Gasteiger partial charge is 0.480 e. The standard InChI is InChI=1S/C31H53N3O20S2/c1-8-17(38)21(42)23(44)29(49-8)48-6-14-25(53-28-15(33-10(3)36)20(41)19(40)13(5-35)51-28)26(54-30-24(45)22(43)18(39)9(2)50-30)16(34-11(4)37)31(52-14)56-55-7-12(32)27(46)47/h8-9,12-26,28-31,35,38-45H,5-7,32H2,1-4H3,(H,33,36)(H,34,37)(H,46,47)/t8-,9?,12?,13?,14?,15?,16?,17+,18+,19+,20?,21?,22?,23?,24?,25+,26?,28-,29+,30-,31-/m0/s1. The molecule has 0 aromatic rings. The number of nitrogens with two attached hydrogens (primary N) is 1. The van der Waals surface area contributed by atoms with Crippen LogP contribution in [0.1, 0.15) is 27.7 Å². The number of carboxylic acids is 1. The zero-order chi connectivity index (χ0) is 41.8. The predicted octanol–water partition coefficient (Wildman–Crippen LogP) is -6.61. The molecule has 0 bridgehead atoms. The van der Waals surface area contributed by atoms with E-state index < -0.39 is 159 Å². The predicted molar refractivity (Wildman–Crippen MR) is 188 cm³/mol. The van der Waals surface area contributed by atoms with Crippen molar-refractivity contribution in [2.24, 2.45) is 5.73 Å². The van der Waals surface area contributed by atoms with Gasteiger partial charge in [-0.15, -0.1) is 0 Å². The summed E-state index contributed by atoms with van der Waals surface area (Å²) >= 11 is 0. The maximum atomic E-state index is 12.7. The molecule has 324 valence electrons. The molecule has 4 aliphatic heterocycles. The molecule has 0 radical (unpaired) electrons. The van der Waals surface area contributed by atoms with Crippen molar-refractivity contribution in [1.82, 2.24) is 10.6 Å². The van der Waals surface area contributed by atoms with E-state index in [0.717, 1.165) is 35.4 Å². The third-order valence-electron chi connectivity index (χ3n) is 9.62. The molecule has 4 rings (SSSR count). The van der Waals surface area contributed by atoms with Gasteiger partial charge in [0.05, 0.1) is 31.5 Å². The summed E-state index contributed by atoms with van der Waals surface area (Å²) in [7, 11) is 1.83. The van der Waals surface area contributed by atoms with Crippen molar-refractivity contribution in [3.63, 3.8) is 0 Å². The first-order valence-electron chi connectivity index (χ1n) is 17.7. The highest BCUT2D eigenvalue weighted by Crippen LogP contribution is 2.40. The Morgan fingerprint density at radius 3 is 1.77 bits per heavy atom. The summed E-state index contributed by atoms with van der Waals surface area (Å²) in [6, 6.07) is -4.17. The van der Waals surface area contributed by atoms with Crippen LogP contribution in [0.4, 0.5) is 0 Å². The van der Waals surface area contributed by atoms with Crippen LogP contribution in [-0.2, 0) is 47.5 Å². The van der Waals surface area contributed by atoms with Gasteiger partial charge in [0.1, 0.15) is 90.8 Å². The fourth-order valence-electron chi connectivity index (χ4n) is 6.45. The molecule has 4 aliphatic rings. The van der Waals surface area contributed by atoms with Gasteiger partial charge >= 0.3 is 5.97 Å². The van der Waals surface area contributed by atoms with Gasteiger partial charge in [0.2, 0.25) is 11.8 Å². The Morgan fingerprint density at radius 2 is 1.21 bits per heavy atom. The van der Waals surface area contributed by atoms with E-state index >= 15 is 0 Å². The molecule has 25 heteroatoms. The number of amides is 2. The summed E-state index contributed by atoms with van der Waals surface area (Å²) in [5, 5.41) is 109. The minimum Gasteiger partial charge on any atom is -0.480 e. The van der Waals surface area contributed by atoms with Crippen LogP contribution in [0.2, 0.25) is 0 Å². The van der Waals surface area contributed by atoms with Crippen LogP contribution >= 0.6 is 21.6 Å². The Bertz CT molecular complexity index is 1310. The highest BCUT2D eigenvalue weighted by atomic mass is 33.1. The van der Waals surface area contributed by atoms with Crippen LogP contribution in [-0.4, -0.2) is 216 Å². The third kappa shape index (κ3) is 11.2. The van der Waals surface area contributed by atoms with E-state index in [9.17, 15) is 65.4 Å². The lowest BCUT2D eigenvalue weighted by molar-refractivity contribution is -0.353. The fourth-order valence-corrected chi connectivity index (χ4v) is 9.05. The number of carbonyl (C=O) groups excluding carboxylic acids is 2. The smallest absolute Gasteiger partial charge is 0.321 e. The molecule has 56 heavy (non-hydrogen) atoms. The maximum Gasteiger partial charge on any atom is 0.321 e. The van der Waals surface area contributed by atoms with Crippen LogP contribution in [0.5, 0.6) is 0 Å². The number of hydrogen-bond donors (Lipinski definition) is 13. The zero-order valence-electron chi connectivity index (χ0n) is 30.7. The summed E-state index contributed by atoms with van der Waals surface area (Å²) in [5.74, 6) is -2.82. The molecule has 14 N–H and O–H groups in total. The molecule has 0 spiro atoms. The average Bonchev–Trinajstić information content (AvgIpc) is 3.14. The lowest BCUT2D eigenvalue weighted by atomic mass is 9.94. The number of aliphatic carboxylic acids is 1. The fraction of sp³-hybridized carbons (Fsp3) is 0.903. The van der Waals surface area contributed by atoms with Crippen molar-refractivity contribution in [1.29, 1.82) is 0 Å². The van der Waals surface area contributed by atoms with Gasteiger partial charge in [-0.05, 0) is 13.8 Å². The quantitative estimate of drug-likeness (QED) is 0.0681. The van der Waals surface area contributed by atoms with Crippen molar-refractivity contribution in [2.75, 3.05) is 19.0 Å². The van der Waals surface area contributed by atoms with Gasteiger partial charge in [-0.3, -0.25) is 14.4 Å². The van der Waals surface area contributed by atoms with Crippen LogP contribution in [0.3, 0.4) is 0 Å². The van der Waals surface area contributed by atoms with Crippen molar-refractivity contribution >= 4 is 39.4 Å². The number of carboxylic acid groups (broad SMARTS) is 1. The molecule has 23 nitrogen and oxygen atoms in total. The number of rotatable bonds is 15. The second kappa shape index (κ2) is 20.6. The van der Waals surface area contributed by atoms with Crippen LogP contribution in [0, 0.1) is 0 Å². The Kier molecular flexibility index (Phi) is 17.3. The Balaban J connectivity index is 1.80. The highest BCUT2D eigenvalue weighted by molar-refractivity contribution is 8.76. The van der Waals surface area contributed by atoms with E-state index in [0.29, 0.717) is 0 Å². The van der Waals surface area contributed by atoms with Gasteiger partial charge in [-0.2, -0.15) is 0 Å². The molecule has 4 saturated heterocycles. The molecule has 12 unspecified atom stereocenters. The van der Waals surface area contributed by atoms with Crippen LogP contribution < -0.4 is 16.4 Å². The number of carbonyl (C=O) groups is 3. The molecule has 0 aromatic carbocycles. The summed E-state index contributed by atoms with van der Waals surface area (Å²) in [5.41, 5.74) is 4.47. The van der Waals surface area contributed by atoms with Crippen molar-refractivity contribution in [2.45, 2.75) is 156 Å². The van der Waals surface area contributed by atoms with E-state index in [4.69, 9.17) is 38.9 Å². The summed E-state index contributed by atoms with van der Waals surface area (Å²) in [6.45, 7) is 3.60. The number of aliphatic hydroxyl groups excluding tert-OH is 9. The topological polar surface area (TPSA) is 368 Å². The van der Waals surface area contributed by atoms with Gasteiger partial charge in [0.15, 0.2) is 18.9 Å². The summed E-state index contributed by atoms with van der Waals surface area (Å²) < 4.78 is 42.0. The summed E-state index contributed by atoms with van der Waals surface area (Å²) in [6.07, 6.45) is -27.0. The second-order valence-corrected chi connectivity index (χ2v) is 16.4. The first-order chi connectivity index (χ1) is 26.3. The van der Waals surface area contributed by atoms with Gasteiger partial charge in [-0.1, -0.05) is 21.6 Å². The number of nitrogens with one attached hydrogen (secondary N) is 2. The Hall–Kier alpha value is -1.57. The van der Waals surface area contributed by atoms with E-state index in [1.54, 1.807) is 0 Å². The maximum absolute atomic E-state index is 12.7. The average molecular weight is 852 g/mol. The van der Waals surface area contributed by atoms with E-state index in [1.165, 1.54) is 13.8 Å². The molecular weight excluding hydrogens is 798 g/mol. The monoisotopic (exact) mass is 851 g/mol. The van der Waals surface area contributed by atoms with Gasteiger partial charge in [0.25, 0.3) is 0 Å². The van der Waals surface area contributed by atoms with Gasteiger partial charge in [-0.25, -0.2) is 0 Å². The van der Waals surface area contributed by atoms with E-state index in [-0.39, 0.29) is 5.75 Å². The Labute approximate surface area is 328 Å². The van der Waals surface area contributed by atoms with Crippen molar-refractivity contribution < 1.29 is 98.6 Å². The molecule has 0 saturated carbocycles. The first-order valence-corrected chi connectivity index (χ1v) is 20.1. The second-order valence-electron chi connectivity index (χ2n) is 13.9. The molecule has 2 amide bonds. The van der Waals surface area contributed by atoms with Gasteiger partial charge < -0.3 is 101 Å². The third-order valence-corrected chi connectivity index (χ3v) is 12.2. The highest BCUT2D eigenvalue weighted by Gasteiger charge is 2.55. The molecule has 0 aromatic heterocycles. The lowest BCUT2D eigenvalue weighted by Crippen LogP contribution is -2.70. The SMILES string of the molecule is CC(=O)NC1C(O)[C@H](O)C(CO)O[C@H]1O[C@@H]1C(CO[C@@H]2O[C@@H](C)[C@@H](O)C(O)C2O)O[C@@H](SSCC(N)C(=O)O)C(NC(C)=O)C1O[C@@H]1OC(C)[C@@H](O)C(O)C1O. The molecular formula is C31H53N3O20S2. The normalized spacial score (nSPS) is 45.1. The molecule has 0 aliphatic carbocycles. The minimum atomic E-state index is -1.90.